The topological polar surface area (TPSA) is 49.4 Å². The maximum atomic E-state index is 13.3. The quantitative estimate of drug-likeness (QED) is 0.933. The molecule has 2 bridgehead atoms. The van der Waals surface area contributed by atoms with Crippen LogP contribution < -0.4 is 5.32 Å². The summed E-state index contributed by atoms with van der Waals surface area (Å²) in [4.78, 5) is 0.411. The zero-order chi connectivity index (χ0) is 16.6. The first-order valence-electron chi connectivity index (χ1n) is 8.55. The second-order valence-corrected chi connectivity index (χ2v) is 8.56. The van der Waals surface area contributed by atoms with Crippen LogP contribution in [0.3, 0.4) is 0 Å². The van der Waals surface area contributed by atoms with Gasteiger partial charge < -0.3 is 5.32 Å². The molecule has 1 N–H and O–H groups in total. The van der Waals surface area contributed by atoms with Crippen LogP contribution in [0.5, 0.6) is 0 Å². The van der Waals surface area contributed by atoms with Crippen molar-refractivity contribution >= 4 is 10.0 Å². The van der Waals surface area contributed by atoms with Gasteiger partial charge in [-0.05, 0) is 30.9 Å². The van der Waals surface area contributed by atoms with Crippen LogP contribution in [0.1, 0.15) is 19.3 Å². The van der Waals surface area contributed by atoms with Gasteiger partial charge in [0.05, 0.1) is 4.90 Å². The minimum atomic E-state index is -3.49. The Balaban J connectivity index is 1.73. The van der Waals surface area contributed by atoms with E-state index in [0.29, 0.717) is 24.0 Å². The summed E-state index contributed by atoms with van der Waals surface area (Å²) in [5.41, 5.74) is 1.71. The molecule has 2 heterocycles. The van der Waals surface area contributed by atoms with E-state index in [2.05, 4.69) is 5.32 Å². The lowest BCUT2D eigenvalue weighted by atomic mass is 10.1. The van der Waals surface area contributed by atoms with E-state index in [0.717, 1.165) is 24.0 Å². The maximum Gasteiger partial charge on any atom is 0.243 e. The zero-order valence-electron chi connectivity index (χ0n) is 13.6. The lowest BCUT2D eigenvalue weighted by molar-refractivity contribution is 0.383. The minimum absolute atomic E-state index is 0.288. The molecule has 2 atom stereocenters. The molecule has 126 valence electrons. The fraction of sp³-hybridized carbons (Fsp3) is 0.368. The van der Waals surface area contributed by atoms with Crippen LogP contribution in [0.2, 0.25) is 0 Å². The third-order valence-corrected chi connectivity index (χ3v) is 7.00. The number of benzene rings is 2. The molecule has 2 saturated heterocycles. The van der Waals surface area contributed by atoms with E-state index in [-0.39, 0.29) is 6.04 Å². The molecule has 4 nitrogen and oxygen atoms in total. The van der Waals surface area contributed by atoms with E-state index in [1.807, 2.05) is 48.5 Å². The van der Waals surface area contributed by atoms with Gasteiger partial charge in [0.15, 0.2) is 0 Å². The van der Waals surface area contributed by atoms with Crippen molar-refractivity contribution in [3.05, 3.63) is 54.6 Å². The summed E-state index contributed by atoms with van der Waals surface area (Å²) < 4.78 is 28.3. The third-order valence-electron chi connectivity index (χ3n) is 5.08. The van der Waals surface area contributed by atoms with Crippen LogP contribution in [0.25, 0.3) is 11.1 Å². The highest BCUT2D eigenvalue weighted by atomic mass is 32.2. The highest BCUT2D eigenvalue weighted by Gasteiger charge is 2.35. The zero-order valence-corrected chi connectivity index (χ0v) is 14.4. The number of fused-ring (bicyclic) bond motifs is 2. The number of hydrogen-bond donors (Lipinski definition) is 1. The molecule has 0 aromatic heterocycles. The normalized spacial score (nSPS) is 24.7. The maximum absolute atomic E-state index is 13.3. The van der Waals surface area contributed by atoms with Gasteiger partial charge in [-0.25, -0.2) is 8.42 Å². The highest BCUT2D eigenvalue weighted by molar-refractivity contribution is 7.89. The molecule has 0 spiro atoms. The van der Waals surface area contributed by atoms with Crippen molar-refractivity contribution in [1.82, 2.24) is 9.62 Å². The predicted molar refractivity (Wildman–Crippen MR) is 95.2 cm³/mol. The lowest BCUT2D eigenvalue weighted by Gasteiger charge is -2.25. The van der Waals surface area contributed by atoms with Crippen LogP contribution in [0, 0.1) is 0 Å². The molecule has 2 aliphatic rings. The number of nitrogens with zero attached hydrogens (tertiary/aromatic N) is 1. The Kier molecular flexibility index (Phi) is 4.16. The first kappa shape index (κ1) is 15.8. The van der Waals surface area contributed by atoms with Gasteiger partial charge in [-0.1, -0.05) is 48.5 Å². The number of sulfonamides is 1. The second kappa shape index (κ2) is 6.31. The predicted octanol–water partition coefficient (Wildman–Crippen LogP) is 2.87. The summed E-state index contributed by atoms with van der Waals surface area (Å²) in [6.07, 6.45) is 3.12. The van der Waals surface area contributed by atoms with Gasteiger partial charge in [-0.2, -0.15) is 4.31 Å². The standard InChI is InChI=1S/C19H22N2O2S/c22-24(23,21-13-12-16-10-11-17(14-21)20-16)19-9-5-4-8-18(19)15-6-2-1-3-7-15/h1-9,16-17,20H,10-14H2. The van der Waals surface area contributed by atoms with Crippen molar-refractivity contribution in [2.45, 2.75) is 36.2 Å². The van der Waals surface area contributed by atoms with Gasteiger partial charge in [0.1, 0.15) is 0 Å². The molecule has 0 aliphatic carbocycles. The summed E-state index contributed by atoms with van der Waals surface area (Å²) in [6.45, 7) is 1.17. The number of nitrogens with one attached hydrogen (secondary N) is 1. The molecule has 2 unspecified atom stereocenters. The summed E-state index contributed by atoms with van der Waals surface area (Å²) in [7, 11) is -3.49. The van der Waals surface area contributed by atoms with E-state index in [1.165, 1.54) is 6.42 Å². The van der Waals surface area contributed by atoms with Gasteiger partial charge >= 0.3 is 0 Å². The van der Waals surface area contributed by atoms with Gasteiger partial charge in [-0.3, -0.25) is 0 Å². The number of rotatable bonds is 3. The van der Waals surface area contributed by atoms with Crippen LogP contribution >= 0.6 is 0 Å². The van der Waals surface area contributed by atoms with Crippen LogP contribution in [0.15, 0.2) is 59.5 Å². The van der Waals surface area contributed by atoms with E-state index < -0.39 is 10.0 Å². The SMILES string of the molecule is O=S(=O)(c1ccccc1-c1ccccc1)N1CCC2CCC(C1)N2. The fourth-order valence-corrected chi connectivity index (χ4v) is 5.53. The molecule has 24 heavy (non-hydrogen) atoms. The smallest absolute Gasteiger partial charge is 0.243 e. The Morgan fingerprint density at radius 3 is 2.42 bits per heavy atom. The molecule has 0 radical (unpaired) electrons. The van der Waals surface area contributed by atoms with Gasteiger partial charge in [-0.15, -0.1) is 0 Å². The summed E-state index contributed by atoms with van der Waals surface area (Å²) in [6, 6.07) is 17.8. The average Bonchev–Trinajstić information content (AvgIpc) is 2.94. The molecule has 0 amide bonds. The molecular weight excluding hydrogens is 320 g/mol. The van der Waals surface area contributed by atoms with Gasteiger partial charge in [0, 0.05) is 30.7 Å². The molecular formula is C19H22N2O2S. The summed E-state index contributed by atoms with van der Waals surface area (Å²) in [5.74, 6) is 0. The van der Waals surface area contributed by atoms with Crippen molar-refractivity contribution in [3.8, 4) is 11.1 Å². The Labute approximate surface area is 143 Å². The van der Waals surface area contributed by atoms with E-state index >= 15 is 0 Å². The molecule has 0 saturated carbocycles. The van der Waals surface area contributed by atoms with E-state index in [4.69, 9.17) is 0 Å². The van der Waals surface area contributed by atoms with Crippen LogP contribution in [-0.4, -0.2) is 37.9 Å². The molecule has 2 fully saturated rings. The third kappa shape index (κ3) is 2.88. The van der Waals surface area contributed by atoms with E-state index in [1.54, 1.807) is 10.4 Å². The first-order chi connectivity index (χ1) is 11.6. The Morgan fingerprint density at radius 2 is 1.58 bits per heavy atom. The molecule has 4 rings (SSSR count). The van der Waals surface area contributed by atoms with Crippen LogP contribution in [0.4, 0.5) is 0 Å². The fourth-order valence-electron chi connectivity index (χ4n) is 3.82. The summed E-state index contributed by atoms with van der Waals surface area (Å²) in [5, 5.41) is 3.55. The van der Waals surface area contributed by atoms with Crippen molar-refractivity contribution in [1.29, 1.82) is 0 Å². The van der Waals surface area contributed by atoms with Crippen molar-refractivity contribution in [2.75, 3.05) is 13.1 Å². The van der Waals surface area contributed by atoms with Gasteiger partial charge in [0.25, 0.3) is 0 Å². The highest BCUT2D eigenvalue weighted by Crippen LogP contribution is 2.31. The molecule has 5 heteroatoms. The monoisotopic (exact) mass is 342 g/mol. The average molecular weight is 342 g/mol. The van der Waals surface area contributed by atoms with Gasteiger partial charge in [0.2, 0.25) is 10.0 Å². The summed E-state index contributed by atoms with van der Waals surface area (Å²) >= 11 is 0. The Hall–Kier alpha value is -1.69. The van der Waals surface area contributed by atoms with E-state index in [9.17, 15) is 8.42 Å². The molecule has 2 aromatic rings. The minimum Gasteiger partial charge on any atom is -0.310 e. The Morgan fingerprint density at radius 1 is 0.875 bits per heavy atom. The van der Waals surface area contributed by atoms with Crippen molar-refractivity contribution < 1.29 is 8.42 Å². The van der Waals surface area contributed by atoms with Crippen molar-refractivity contribution in [2.24, 2.45) is 0 Å². The number of hydrogen-bond acceptors (Lipinski definition) is 3. The van der Waals surface area contributed by atoms with Crippen LogP contribution in [-0.2, 0) is 10.0 Å². The lowest BCUT2D eigenvalue weighted by Crippen LogP contribution is -2.39. The largest absolute Gasteiger partial charge is 0.310 e. The first-order valence-corrected chi connectivity index (χ1v) is 9.99. The molecule has 2 aliphatic heterocycles. The van der Waals surface area contributed by atoms with Crippen molar-refractivity contribution in [3.63, 3.8) is 0 Å². The molecule has 2 aromatic carbocycles. The Bertz CT molecular complexity index is 820. The second-order valence-electron chi connectivity index (χ2n) is 6.65.